The highest BCUT2D eigenvalue weighted by Gasteiger charge is 2.68. The molecule has 5 rings (SSSR count). The SMILES string of the molecule is CC1(C)C[C@H](C2[NH+]3CC4(C)C[NH+]2CC(C)(C3)C4O)CCO1. The van der Waals surface area contributed by atoms with Crippen molar-refractivity contribution in [2.75, 3.05) is 32.8 Å². The lowest BCUT2D eigenvalue weighted by molar-refractivity contribution is -1.18. The maximum Gasteiger partial charge on any atom is 0.216 e. The standard InChI is InChI=1S/C17H30N2O2/c1-15(2)7-12(5-6-21-15)13-18-8-16(3)9-19(13)11-17(4,10-18)14(16)20/h12-14,20H,5-11H2,1-4H3/p+2/t12-,13?,14?,16?,17?/m1/s1. The summed E-state index contributed by atoms with van der Waals surface area (Å²) in [6, 6.07) is 0. The molecule has 5 aliphatic heterocycles. The largest absolute Gasteiger partial charge is 0.391 e. The van der Waals surface area contributed by atoms with E-state index < -0.39 is 0 Å². The number of hydrogen-bond donors (Lipinski definition) is 3. The van der Waals surface area contributed by atoms with Crippen molar-refractivity contribution in [3.8, 4) is 0 Å². The fourth-order valence-electron chi connectivity index (χ4n) is 6.51. The van der Waals surface area contributed by atoms with Crippen molar-refractivity contribution >= 4 is 0 Å². The van der Waals surface area contributed by atoms with Gasteiger partial charge in [-0.25, -0.2) is 0 Å². The molecule has 120 valence electrons. The summed E-state index contributed by atoms with van der Waals surface area (Å²) < 4.78 is 5.94. The molecule has 0 saturated carbocycles. The number of aliphatic hydroxyl groups is 1. The van der Waals surface area contributed by atoms with Crippen LogP contribution in [-0.4, -0.2) is 55.8 Å². The molecule has 0 radical (unpaired) electrons. The Kier molecular flexibility index (Phi) is 2.90. The topological polar surface area (TPSA) is 38.3 Å². The van der Waals surface area contributed by atoms with E-state index in [0.29, 0.717) is 0 Å². The van der Waals surface area contributed by atoms with E-state index in [2.05, 4.69) is 27.7 Å². The van der Waals surface area contributed by atoms with Crippen molar-refractivity contribution in [3.63, 3.8) is 0 Å². The van der Waals surface area contributed by atoms with E-state index in [1.54, 1.807) is 9.80 Å². The quantitative estimate of drug-likeness (QED) is 0.563. The molecule has 5 fully saturated rings. The number of rotatable bonds is 1. The summed E-state index contributed by atoms with van der Waals surface area (Å²) in [4.78, 5) is 3.53. The van der Waals surface area contributed by atoms with Crippen LogP contribution in [0.5, 0.6) is 0 Å². The highest BCUT2D eigenvalue weighted by atomic mass is 16.5. The average Bonchev–Trinajstić information content (AvgIpc) is 2.33. The number of hydrogen-bond acceptors (Lipinski definition) is 2. The molecule has 0 unspecified atom stereocenters. The lowest BCUT2D eigenvalue weighted by atomic mass is 9.60. The van der Waals surface area contributed by atoms with E-state index in [-0.39, 0.29) is 22.5 Å². The molecular weight excluding hydrogens is 264 g/mol. The van der Waals surface area contributed by atoms with Crippen LogP contribution in [0.15, 0.2) is 0 Å². The Bertz CT molecular complexity index is 412. The summed E-state index contributed by atoms with van der Waals surface area (Å²) in [6.07, 6.45) is 3.05. The van der Waals surface area contributed by atoms with Crippen molar-refractivity contribution in [3.05, 3.63) is 0 Å². The van der Waals surface area contributed by atoms with Gasteiger partial charge in [-0.05, 0) is 40.5 Å². The molecule has 1 atom stereocenters. The molecule has 4 heteroatoms. The average molecular weight is 296 g/mol. The fourth-order valence-corrected chi connectivity index (χ4v) is 6.51. The van der Waals surface area contributed by atoms with Gasteiger partial charge in [0.15, 0.2) is 0 Å². The Morgan fingerprint density at radius 1 is 0.952 bits per heavy atom. The van der Waals surface area contributed by atoms with E-state index in [4.69, 9.17) is 4.74 Å². The smallest absolute Gasteiger partial charge is 0.216 e. The minimum Gasteiger partial charge on any atom is -0.391 e. The number of piperidine rings is 2. The zero-order valence-electron chi connectivity index (χ0n) is 14.0. The number of aliphatic hydroxyl groups excluding tert-OH is 1. The molecule has 5 aliphatic rings. The van der Waals surface area contributed by atoms with Crippen molar-refractivity contribution < 1.29 is 19.6 Å². The molecule has 0 aliphatic carbocycles. The lowest BCUT2D eigenvalue weighted by Crippen LogP contribution is -3.45. The van der Waals surface area contributed by atoms with Gasteiger partial charge < -0.3 is 9.84 Å². The molecule has 3 N–H and O–H groups in total. The molecule has 0 aromatic heterocycles. The second-order valence-electron chi connectivity index (χ2n) is 9.57. The van der Waals surface area contributed by atoms with E-state index in [0.717, 1.165) is 44.9 Å². The number of nitrogens with one attached hydrogen (secondary N) is 2. The van der Waals surface area contributed by atoms with Crippen LogP contribution in [0.25, 0.3) is 0 Å². The molecule has 0 amide bonds. The second kappa shape index (κ2) is 4.22. The van der Waals surface area contributed by atoms with Gasteiger partial charge in [0.1, 0.15) is 0 Å². The fraction of sp³-hybridized carbons (Fsp3) is 1.00. The summed E-state index contributed by atoms with van der Waals surface area (Å²) in [5.74, 6) is 0.781. The first-order chi connectivity index (χ1) is 9.73. The van der Waals surface area contributed by atoms with Gasteiger partial charge in [-0.1, -0.05) is 0 Å². The van der Waals surface area contributed by atoms with Crippen LogP contribution in [0.4, 0.5) is 0 Å². The van der Waals surface area contributed by atoms with Gasteiger partial charge in [0, 0.05) is 6.61 Å². The molecule has 4 nitrogen and oxygen atoms in total. The Balaban J connectivity index is 1.60. The summed E-state index contributed by atoms with van der Waals surface area (Å²) >= 11 is 0. The van der Waals surface area contributed by atoms with Crippen LogP contribution in [-0.2, 0) is 4.74 Å². The maximum absolute atomic E-state index is 10.8. The van der Waals surface area contributed by atoms with Crippen LogP contribution in [0.2, 0.25) is 0 Å². The van der Waals surface area contributed by atoms with Crippen molar-refractivity contribution in [1.29, 1.82) is 0 Å². The molecular formula is C17H32N2O2+2. The first-order valence-corrected chi connectivity index (χ1v) is 8.74. The van der Waals surface area contributed by atoms with Crippen LogP contribution in [0.3, 0.4) is 0 Å². The van der Waals surface area contributed by atoms with Gasteiger partial charge in [0.2, 0.25) is 6.17 Å². The van der Waals surface area contributed by atoms with Gasteiger partial charge in [0.25, 0.3) is 0 Å². The van der Waals surface area contributed by atoms with E-state index in [9.17, 15) is 5.11 Å². The van der Waals surface area contributed by atoms with Gasteiger partial charge in [-0.15, -0.1) is 0 Å². The van der Waals surface area contributed by atoms with Gasteiger partial charge in [-0.3, -0.25) is 9.80 Å². The zero-order valence-corrected chi connectivity index (χ0v) is 14.0. The molecule has 5 heterocycles. The minimum atomic E-state index is -0.107. The highest BCUT2D eigenvalue weighted by molar-refractivity contribution is 5.01. The van der Waals surface area contributed by atoms with Crippen LogP contribution >= 0.6 is 0 Å². The number of ether oxygens (including phenoxy) is 1. The van der Waals surface area contributed by atoms with Gasteiger partial charge in [0.05, 0.1) is 54.6 Å². The summed E-state index contributed by atoms with van der Waals surface area (Å²) in [6.45, 7) is 14.7. The first-order valence-electron chi connectivity index (χ1n) is 8.74. The monoisotopic (exact) mass is 296 g/mol. The Labute approximate surface area is 128 Å². The normalized spacial score (nSPS) is 58.4. The molecule has 21 heavy (non-hydrogen) atoms. The maximum atomic E-state index is 10.8. The Hall–Kier alpha value is -0.160. The van der Waals surface area contributed by atoms with Crippen molar-refractivity contribution in [2.45, 2.75) is 58.4 Å². The number of quaternary nitrogens is 2. The molecule has 0 aromatic rings. The second-order valence-corrected chi connectivity index (χ2v) is 9.57. The third-order valence-corrected chi connectivity index (χ3v) is 6.93. The third-order valence-electron chi connectivity index (χ3n) is 6.93. The van der Waals surface area contributed by atoms with E-state index in [1.807, 2.05) is 0 Å². The Morgan fingerprint density at radius 2 is 1.48 bits per heavy atom. The molecule has 4 bridgehead atoms. The summed E-state index contributed by atoms with van der Waals surface area (Å²) in [7, 11) is 0. The molecule has 0 spiro atoms. The first kappa shape index (κ1) is 14.4. The predicted octanol–water partition coefficient (Wildman–Crippen LogP) is -1.30. The van der Waals surface area contributed by atoms with E-state index >= 15 is 0 Å². The summed E-state index contributed by atoms with van der Waals surface area (Å²) in [5, 5.41) is 10.8. The van der Waals surface area contributed by atoms with Crippen LogP contribution < -0.4 is 9.80 Å². The van der Waals surface area contributed by atoms with Crippen molar-refractivity contribution in [1.82, 2.24) is 0 Å². The predicted molar refractivity (Wildman–Crippen MR) is 80.2 cm³/mol. The third kappa shape index (κ3) is 2.03. The van der Waals surface area contributed by atoms with Crippen molar-refractivity contribution in [2.24, 2.45) is 16.7 Å². The molecule has 0 aromatic carbocycles. The molecule has 5 saturated heterocycles. The highest BCUT2D eigenvalue weighted by Crippen LogP contribution is 2.40. The minimum absolute atomic E-state index is 0.0476. The van der Waals surface area contributed by atoms with E-state index in [1.165, 1.54) is 12.8 Å². The van der Waals surface area contributed by atoms with Crippen LogP contribution in [0.1, 0.15) is 40.5 Å². The van der Waals surface area contributed by atoms with Gasteiger partial charge in [-0.2, -0.15) is 0 Å². The summed E-state index contributed by atoms with van der Waals surface area (Å²) in [5.41, 5.74) is 0.312. The lowest BCUT2D eigenvalue weighted by Gasteiger charge is -2.64. The van der Waals surface area contributed by atoms with Crippen LogP contribution in [0, 0.1) is 16.7 Å². The van der Waals surface area contributed by atoms with Gasteiger partial charge >= 0.3 is 0 Å². The zero-order chi connectivity index (χ0) is 15.0. The Morgan fingerprint density at radius 3 is 1.95 bits per heavy atom.